The topological polar surface area (TPSA) is 76.5 Å². The molecular weight excluding hydrogens is 294 g/mol. The van der Waals surface area contributed by atoms with Crippen LogP contribution in [0.4, 0.5) is 5.82 Å². The largest absolute Gasteiger partial charge is 0.493 e. The Labute approximate surface area is 134 Å². The summed E-state index contributed by atoms with van der Waals surface area (Å²) in [5, 5.41) is 13.5. The highest BCUT2D eigenvalue weighted by molar-refractivity contribution is 5.80. The molecule has 2 aliphatic rings. The van der Waals surface area contributed by atoms with Gasteiger partial charge in [0.2, 0.25) is 0 Å². The Morgan fingerprint density at radius 1 is 1.09 bits per heavy atom. The van der Waals surface area contributed by atoms with Gasteiger partial charge in [-0.2, -0.15) is 0 Å². The average molecular weight is 315 g/mol. The van der Waals surface area contributed by atoms with Gasteiger partial charge in [0.05, 0.1) is 37.6 Å². The molecular formula is C17H21N3O3. The maximum absolute atomic E-state index is 10.1. The molecule has 23 heavy (non-hydrogen) atoms. The molecule has 0 radical (unpaired) electrons. The lowest BCUT2D eigenvalue weighted by Gasteiger charge is -2.27. The number of rotatable bonds is 4. The van der Waals surface area contributed by atoms with E-state index in [9.17, 15) is 5.11 Å². The van der Waals surface area contributed by atoms with Crippen LogP contribution in [0.15, 0.2) is 18.3 Å². The van der Waals surface area contributed by atoms with Crippen molar-refractivity contribution in [3.8, 4) is 11.5 Å². The molecule has 2 aliphatic carbocycles. The molecule has 0 aliphatic heterocycles. The summed E-state index contributed by atoms with van der Waals surface area (Å²) in [7, 11) is 3.21. The molecule has 2 aromatic rings. The smallest absolute Gasteiger partial charge is 0.163 e. The number of aliphatic hydroxyl groups is 1. The molecule has 1 aromatic heterocycles. The molecule has 6 nitrogen and oxygen atoms in total. The summed E-state index contributed by atoms with van der Waals surface area (Å²) in [6, 6.07) is 3.95. The normalized spacial score (nSPS) is 29.0. The minimum absolute atomic E-state index is 0.177. The number of nitrogens with one attached hydrogen (secondary N) is 1. The number of aromatic nitrogens is 2. The predicted octanol–water partition coefficient (Wildman–Crippen LogP) is 2.22. The van der Waals surface area contributed by atoms with Crippen LogP contribution in [0.3, 0.4) is 0 Å². The van der Waals surface area contributed by atoms with Gasteiger partial charge in [0.25, 0.3) is 0 Å². The van der Waals surface area contributed by atoms with Crippen LogP contribution >= 0.6 is 0 Å². The second kappa shape index (κ2) is 5.53. The maximum Gasteiger partial charge on any atom is 0.163 e. The van der Waals surface area contributed by atoms with Gasteiger partial charge >= 0.3 is 0 Å². The van der Waals surface area contributed by atoms with E-state index in [1.807, 2.05) is 12.1 Å². The predicted molar refractivity (Wildman–Crippen MR) is 86.9 cm³/mol. The molecule has 0 amide bonds. The van der Waals surface area contributed by atoms with Crippen LogP contribution in [0, 0.1) is 11.8 Å². The number of benzene rings is 1. The number of aliphatic hydroxyl groups excluding tert-OH is 1. The van der Waals surface area contributed by atoms with E-state index < -0.39 is 0 Å². The summed E-state index contributed by atoms with van der Waals surface area (Å²) in [5.41, 5.74) is 1.53. The lowest BCUT2D eigenvalue weighted by Crippen LogP contribution is -2.34. The van der Waals surface area contributed by atoms with Crippen molar-refractivity contribution in [3.05, 3.63) is 18.3 Å². The number of hydrogen-bond donors (Lipinski definition) is 2. The van der Waals surface area contributed by atoms with Crippen LogP contribution in [0.25, 0.3) is 11.0 Å². The van der Waals surface area contributed by atoms with Gasteiger partial charge in [-0.15, -0.1) is 0 Å². The van der Waals surface area contributed by atoms with E-state index >= 15 is 0 Å². The summed E-state index contributed by atoms with van der Waals surface area (Å²) in [5.74, 6) is 3.01. The third-order valence-corrected chi connectivity index (χ3v) is 5.16. The molecule has 4 rings (SSSR count). The molecule has 2 fully saturated rings. The Morgan fingerprint density at radius 2 is 1.83 bits per heavy atom. The Balaban J connectivity index is 1.61. The molecule has 4 atom stereocenters. The Bertz CT molecular complexity index is 736. The van der Waals surface area contributed by atoms with Crippen molar-refractivity contribution < 1.29 is 14.6 Å². The SMILES string of the molecule is COc1cc2ncc(NC3CC4CC(O)C3C4)nc2cc1OC. The standard InChI is InChI=1S/C17H21N3O3/c1-22-15-6-12-13(7-16(15)23-2)20-17(8-18-12)19-11-4-9-3-10(11)14(21)5-9/h6-11,14,21H,3-5H2,1-2H3,(H,19,20). The van der Waals surface area contributed by atoms with Gasteiger partial charge in [-0.3, -0.25) is 4.98 Å². The Hall–Kier alpha value is -2.08. The van der Waals surface area contributed by atoms with Gasteiger partial charge in [-0.1, -0.05) is 0 Å². The van der Waals surface area contributed by atoms with Gasteiger partial charge in [0.15, 0.2) is 11.5 Å². The summed E-state index contributed by atoms with van der Waals surface area (Å²) in [4.78, 5) is 9.11. The van der Waals surface area contributed by atoms with Crippen LogP contribution < -0.4 is 14.8 Å². The second-order valence-electron chi connectivity index (χ2n) is 6.51. The van der Waals surface area contributed by atoms with Crippen molar-refractivity contribution >= 4 is 16.9 Å². The highest BCUT2D eigenvalue weighted by atomic mass is 16.5. The molecule has 0 saturated heterocycles. The maximum atomic E-state index is 10.1. The van der Waals surface area contributed by atoms with Gasteiger partial charge in [-0.05, 0) is 25.2 Å². The zero-order chi connectivity index (χ0) is 16.0. The number of nitrogens with zero attached hydrogens (tertiary/aromatic N) is 2. The summed E-state index contributed by atoms with van der Waals surface area (Å²) >= 11 is 0. The Kier molecular flexibility index (Phi) is 3.49. The lowest BCUT2D eigenvalue weighted by atomic mass is 9.93. The van der Waals surface area contributed by atoms with Gasteiger partial charge in [0, 0.05) is 24.1 Å². The van der Waals surface area contributed by atoms with E-state index in [-0.39, 0.29) is 12.1 Å². The highest BCUT2D eigenvalue weighted by Gasteiger charge is 2.45. The zero-order valence-corrected chi connectivity index (χ0v) is 13.3. The molecule has 4 unspecified atom stereocenters. The molecule has 2 saturated carbocycles. The third kappa shape index (κ3) is 2.47. The van der Waals surface area contributed by atoms with E-state index in [2.05, 4.69) is 15.3 Å². The second-order valence-corrected chi connectivity index (χ2v) is 6.51. The quantitative estimate of drug-likeness (QED) is 0.901. The highest BCUT2D eigenvalue weighted by Crippen LogP contribution is 2.45. The fourth-order valence-electron chi connectivity index (χ4n) is 4.08. The van der Waals surface area contributed by atoms with Crippen molar-refractivity contribution in [3.63, 3.8) is 0 Å². The molecule has 2 bridgehead atoms. The first-order chi connectivity index (χ1) is 11.2. The Morgan fingerprint density at radius 3 is 2.48 bits per heavy atom. The van der Waals surface area contributed by atoms with E-state index in [4.69, 9.17) is 9.47 Å². The van der Waals surface area contributed by atoms with Crippen molar-refractivity contribution in [2.45, 2.75) is 31.4 Å². The van der Waals surface area contributed by atoms with Gasteiger partial charge in [-0.25, -0.2) is 4.98 Å². The van der Waals surface area contributed by atoms with Crippen molar-refractivity contribution in [1.82, 2.24) is 9.97 Å². The van der Waals surface area contributed by atoms with Crippen molar-refractivity contribution in [2.24, 2.45) is 11.8 Å². The first-order valence-corrected chi connectivity index (χ1v) is 8.01. The molecule has 122 valence electrons. The molecule has 0 spiro atoms. The van der Waals surface area contributed by atoms with Crippen LogP contribution in [0.1, 0.15) is 19.3 Å². The first kappa shape index (κ1) is 14.5. The number of hydrogen-bond acceptors (Lipinski definition) is 6. The fourth-order valence-corrected chi connectivity index (χ4v) is 4.08. The first-order valence-electron chi connectivity index (χ1n) is 8.01. The lowest BCUT2D eigenvalue weighted by molar-refractivity contribution is 0.107. The van der Waals surface area contributed by atoms with E-state index in [0.29, 0.717) is 23.3 Å². The van der Waals surface area contributed by atoms with Crippen LogP contribution in [0.5, 0.6) is 11.5 Å². The minimum Gasteiger partial charge on any atom is -0.493 e. The third-order valence-electron chi connectivity index (χ3n) is 5.16. The fraction of sp³-hybridized carbons (Fsp3) is 0.529. The van der Waals surface area contributed by atoms with E-state index in [0.717, 1.165) is 36.1 Å². The summed E-state index contributed by atoms with van der Waals surface area (Å²) in [6.07, 6.45) is 4.73. The van der Waals surface area contributed by atoms with Crippen LogP contribution in [-0.4, -0.2) is 41.4 Å². The number of ether oxygens (including phenoxy) is 2. The van der Waals surface area contributed by atoms with Crippen LogP contribution in [0.2, 0.25) is 0 Å². The average Bonchev–Trinajstić information content (AvgIpc) is 3.12. The van der Waals surface area contributed by atoms with E-state index in [1.165, 1.54) is 0 Å². The monoisotopic (exact) mass is 315 g/mol. The molecule has 2 N–H and O–H groups in total. The number of methoxy groups -OCH3 is 2. The van der Waals surface area contributed by atoms with Gasteiger partial charge < -0.3 is 19.9 Å². The number of anilines is 1. The summed E-state index contributed by atoms with van der Waals surface area (Å²) < 4.78 is 10.6. The number of fused-ring (bicyclic) bond motifs is 3. The minimum atomic E-state index is -0.177. The van der Waals surface area contributed by atoms with Crippen LogP contribution in [-0.2, 0) is 0 Å². The molecule has 1 heterocycles. The molecule has 1 aromatic carbocycles. The van der Waals surface area contributed by atoms with Crippen molar-refractivity contribution in [1.29, 1.82) is 0 Å². The van der Waals surface area contributed by atoms with E-state index in [1.54, 1.807) is 20.4 Å². The van der Waals surface area contributed by atoms with Gasteiger partial charge in [0.1, 0.15) is 5.82 Å². The molecule has 6 heteroatoms. The summed E-state index contributed by atoms with van der Waals surface area (Å²) in [6.45, 7) is 0. The van der Waals surface area contributed by atoms with Crippen molar-refractivity contribution in [2.75, 3.05) is 19.5 Å². The zero-order valence-electron chi connectivity index (χ0n) is 13.3.